The van der Waals surface area contributed by atoms with Crippen molar-refractivity contribution in [3.63, 3.8) is 0 Å². The van der Waals surface area contributed by atoms with Crippen LogP contribution < -0.4 is 16.0 Å². The van der Waals surface area contributed by atoms with Gasteiger partial charge in [0.2, 0.25) is 0 Å². The zero-order valence-corrected chi connectivity index (χ0v) is 11.8. The predicted molar refractivity (Wildman–Crippen MR) is 79.5 cm³/mol. The highest BCUT2D eigenvalue weighted by Crippen LogP contribution is 2.30. The molecule has 4 heteroatoms. The first-order valence-electron chi connectivity index (χ1n) is 7.08. The van der Waals surface area contributed by atoms with Gasteiger partial charge in [0.05, 0.1) is 11.3 Å². The number of amides is 1. The smallest absolute Gasteiger partial charge is 0.253 e. The van der Waals surface area contributed by atoms with Gasteiger partial charge in [-0.25, -0.2) is 0 Å². The van der Waals surface area contributed by atoms with E-state index in [0.717, 1.165) is 30.3 Å². The number of benzene rings is 1. The van der Waals surface area contributed by atoms with E-state index in [9.17, 15) is 4.79 Å². The molecular weight excluding hydrogens is 238 g/mol. The van der Waals surface area contributed by atoms with Crippen LogP contribution in [0.15, 0.2) is 18.2 Å². The standard InChI is InChI=1S/C15H23N3O/c1-3-11-7-8-18(10-11)14-9-12(16)5-6-13(14)15(19)17-4-2/h5-6,9,11H,3-4,7-8,10,16H2,1-2H3,(H,17,19). The summed E-state index contributed by atoms with van der Waals surface area (Å²) >= 11 is 0. The fourth-order valence-electron chi connectivity index (χ4n) is 2.64. The lowest BCUT2D eigenvalue weighted by Crippen LogP contribution is -2.27. The van der Waals surface area contributed by atoms with E-state index in [1.807, 2.05) is 19.1 Å². The highest BCUT2D eigenvalue weighted by atomic mass is 16.1. The van der Waals surface area contributed by atoms with Crippen molar-refractivity contribution in [2.75, 3.05) is 30.3 Å². The maximum Gasteiger partial charge on any atom is 0.253 e. The number of nitrogens with one attached hydrogen (secondary N) is 1. The van der Waals surface area contributed by atoms with E-state index in [4.69, 9.17) is 5.73 Å². The van der Waals surface area contributed by atoms with Crippen LogP contribution in [0.1, 0.15) is 37.0 Å². The minimum Gasteiger partial charge on any atom is -0.399 e. The number of nitrogens with zero attached hydrogens (tertiary/aromatic N) is 1. The van der Waals surface area contributed by atoms with Gasteiger partial charge in [-0.3, -0.25) is 4.79 Å². The summed E-state index contributed by atoms with van der Waals surface area (Å²) in [5.41, 5.74) is 8.29. The molecule has 3 N–H and O–H groups in total. The van der Waals surface area contributed by atoms with E-state index in [0.29, 0.717) is 12.2 Å². The van der Waals surface area contributed by atoms with Gasteiger partial charge in [-0.2, -0.15) is 0 Å². The van der Waals surface area contributed by atoms with Gasteiger partial charge < -0.3 is 16.0 Å². The van der Waals surface area contributed by atoms with Crippen molar-refractivity contribution < 1.29 is 4.79 Å². The SMILES string of the molecule is CCNC(=O)c1ccc(N)cc1N1CCC(CC)C1. The molecular formula is C15H23N3O. The molecule has 1 saturated heterocycles. The van der Waals surface area contributed by atoms with Crippen LogP contribution in [0, 0.1) is 5.92 Å². The molecule has 0 bridgehead atoms. The highest BCUT2D eigenvalue weighted by Gasteiger charge is 2.24. The first-order chi connectivity index (χ1) is 9.15. The summed E-state index contributed by atoms with van der Waals surface area (Å²) in [6.45, 7) is 6.82. The molecule has 1 fully saturated rings. The second-order valence-corrected chi connectivity index (χ2v) is 5.15. The molecule has 1 aliphatic heterocycles. The molecule has 1 unspecified atom stereocenters. The van der Waals surface area contributed by atoms with E-state index < -0.39 is 0 Å². The van der Waals surface area contributed by atoms with Crippen LogP contribution in [0.25, 0.3) is 0 Å². The minimum atomic E-state index is -0.0163. The molecule has 2 rings (SSSR count). The third-order valence-corrected chi connectivity index (χ3v) is 3.81. The molecule has 1 heterocycles. The zero-order chi connectivity index (χ0) is 13.8. The molecule has 1 aliphatic rings. The Bertz CT molecular complexity index is 459. The summed E-state index contributed by atoms with van der Waals surface area (Å²) in [5, 5.41) is 2.86. The van der Waals surface area contributed by atoms with Crippen LogP contribution in [0.3, 0.4) is 0 Å². The number of rotatable bonds is 4. The van der Waals surface area contributed by atoms with Crippen molar-refractivity contribution in [1.29, 1.82) is 0 Å². The van der Waals surface area contributed by atoms with Gasteiger partial charge >= 0.3 is 0 Å². The van der Waals surface area contributed by atoms with Crippen molar-refractivity contribution in [1.82, 2.24) is 5.32 Å². The Labute approximate surface area is 115 Å². The van der Waals surface area contributed by atoms with Crippen LogP contribution >= 0.6 is 0 Å². The molecule has 0 spiro atoms. The number of hydrogen-bond acceptors (Lipinski definition) is 3. The normalized spacial score (nSPS) is 18.6. The summed E-state index contributed by atoms with van der Waals surface area (Å²) < 4.78 is 0. The summed E-state index contributed by atoms with van der Waals surface area (Å²) in [6, 6.07) is 5.54. The van der Waals surface area contributed by atoms with Crippen LogP contribution in [0.4, 0.5) is 11.4 Å². The Morgan fingerprint density at radius 1 is 1.47 bits per heavy atom. The first kappa shape index (κ1) is 13.7. The van der Waals surface area contributed by atoms with Crippen molar-refractivity contribution in [2.45, 2.75) is 26.7 Å². The van der Waals surface area contributed by atoms with Crippen molar-refractivity contribution in [3.8, 4) is 0 Å². The van der Waals surface area contributed by atoms with Crippen LogP contribution in [0.5, 0.6) is 0 Å². The average Bonchev–Trinajstić information content (AvgIpc) is 2.87. The van der Waals surface area contributed by atoms with Gasteiger partial charge in [0.1, 0.15) is 0 Å². The number of nitrogens with two attached hydrogens (primary N) is 1. The average molecular weight is 261 g/mol. The van der Waals surface area contributed by atoms with E-state index in [1.54, 1.807) is 6.07 Å². The second kappa shape index (κ2) is 5.95. The fourth-order valence-corrected chi connectivity index (χ4v) is 2.64. The van der Waals surface area contributed by atoms with E-state index in [1.165, 1.54) is 12.8 Å². The summed E-state index contributed by atoms with van der Waals surface area (Å²) in [6.07, 6.45) is 2.38. The Hall–Kier alpha value is -1.71. The third kappa shape index (κ3) is 3.00. The molecule has 0 radical (unpaired) electrons. The van der Waals surface area contributed by atoms with Gasteiger partial charge in [0, 0.05) is 25.3 Å². The number of nitrogen functional groups attached to an aromatic ring is 1. The van der Waals surface area contributed by atoms with Gasteiger partial charge in [-0.15, -0.1) is 0 Å². The second-order valence-electron chi connectivity index (χ2n) is 5.15. The van der Waals surface area contributed by atoms with Crippen molar-refractivity contribution in [2.24, 2.45) is 5.92 Å². The number of carbonyl (C=O) groups excluding carboxylic acids is 1. The predicted octanol–water partition coefficient (Wildman–Crippen LogP) is 2.25. The lowest BCUT2D eigenvalue weighted by molar-refractivity contribution is 0.0956. The Kier molecular flexibility index (Phi) is 4.30. The number of hydrogen-bond donors (Lipinski definition) is 2. The molecule has 1 amide bonds. The van der Waals surface area contributed by atoms with Crippen LogP contribution in [-0.2, 0) is 0 Å². The summed E-state index contributed by atoms with van der Waals surface area (Å²) in [7, 11) is 0. The lowest BCUT2D eigenvalue weighted by Gasteiger charge is -2.22. The lowest BCUT2D eigenvalue weighted by atomic mass is 10.1. The van der Waals surface area contributed by atoms with Gasteiger partial charge in [-0.05, 0) is 37.5 Å². The van der Waals surface area contributed by atoms with E-state index >= 15 is 0 Å². The molecule has 1 aromatic carbocycles. The van der Waals surface area contributed by atoms with E-state index in [2.05, 4.69) is 17.1 Å². The third-order valence-electron chi connectivity index (χ3n) is 3.81. The largest absolute Gasteiger partial charge is 0.399 e. The number of carbonyl (C=O) groups is 1. The summed E-state index contributed by atoms with van der Waals surface area (Å²) in [4.78, 5) is 14.4. The first-order valence-corrected chi connectivity index (χ1v) is 7.08. The molecule has 19 heavy (non-hydrogen) atoms. The fraction of sp³-hybridized carbons (Fsp3) is 0.533. The van der Waals surface area contributed by atoms with Crippen LogP contribution in [-0.4, -0.2) is 25.5 Å². The molecule has 1 aromatic rings. The van der Waals surface area contributed by atoms with E-state index in [-0.39, 0.29) is 5.91 Å². The Morgan fingerprint density at radius 2 is 2.26 bits per heavy atom. The van der Waals surface area contributed by atoms with Crippen molar-refractivity contribution in [3.05, 3.63) is 23.8 Å². The van der Waals surface area contributed by atoms with Crippen molar-refractivity contribution >= 4 is 17.3 Å². The topological polar surface area (TPSA) is 58.4 Å². The molecule has 1 atom stereocenters. The van der Waals surface area contributed by atoms with Gasteiger partial charge in [0.15, 0.2) is 0 Å². The molecule has 0 aliphatic carbocycles. The monoisotopic (exact) mass is 261 g/mol. The van der Waals surface area contributed by atoms with Gasteiger partial charge in [0.25, 0.3) is 5.91 Å². The summed E-state index contributed by atoms with van der Waals surface area (Å²) in [5.74, 6) is 0.709. The number of anilines is 2. The Morgan fingerprint density at radius 3 is 2.89 bits per heavy atom. The molecule has 0 saturated carbocycles. The maximum atomic E-state index is 12.1. The van der Waals surface area contributed by atoms with Crippen LogP contribution in [0.2, 0.25) is 0 Å². The highest BCUT2D eigenvalue weighted by molar-refractivity contribution is 6.00. The zero-order valence-electron chi connectivity index (χ0n) is 11.8. The molecule has 4 nitrogen and oxygen atoms in total. The maximum absolute atomic E-state index is 12.1. The minimum absolute atomic E-state index is 0.0163. The molecule has 0 aromatic heterocycles. The van der Waals surface area contributed by atoms with Gasteiger partial charge in [-0.1, -0.05) is 13.3 Å². The Balaban J connectivity index is 2.27. The quantitative estimate of drug-likeness (QED) is 0.817. The molecule has 104 valence electrons.